The second-order valence-electron chi connectivity index (χ2n) is 4.90. The molecule has 0 aliphatic carbocycles. The van der Waals surface area contributed by atoms with E-state index in [-0.39, 0.29) is 0 Å². The molecule has 102 valence electrons. The highest BCUT2D eigenvalue weighted by atomic mass is 16.4. The number of aryl methyl sites for hydroxylation is 1. The van der Waals surface area contributed by atoms with Gasteiger partial charge in [-0.25, -0.2) is 4.79 Å². The van der Waals surface area contributed by atoms with Crippen LogP contribution >= 0.6 is 0 Å². The Morgan fingerprint density at radius 2 is 1.89 bits per heavy atom. The fourth-order valence-corrected chi connectivity index (χ4v) is 2.36. The van der Waals surface area contributed by atoms with Gasteiger partial charge in [-0.15, -0.1) is 0 Å². The van der Waals surface area contributed by atoms with Crippen LogP contribution in [0.1, 0.15) is 11.1 Å². The number of carboxylic acids is 1. The molecule has 1 aromatic rings. The monoisotopic (exact) mass is 260 g/mol. The van der Waals surface area contributed by atoms with Crippen molar-refractivity contribution < 1.29 is 9.90 Å². The van der Waals surface area contributed by atoms with Gasteiger partial charge in [0.1, 0.15) is 0 Å². The van der Waals surface area contributed by atoms with E-state index >= 15 is 0 Å². The summed E-state index contributed by atoms with van der Waals surface area (Å²) in [6, 6.07) is 6.38. The Balaban J connectivity index is 2.00. The third-order valence-corrected chi connectivity index (χ3v) is 3.66. The van der Waals surface area contributed by atoms with Gasteiger partial charge in [0.2, 0.25) is 0 Å². The van der Waals surface area contributed by atoms with Gasteiger partial charge in [-0.05, 0) is 31.0 Å². The van der Waals surface area contributed by atoms with Crippen LogP contribution in [-0.2, 0) is 4.79 Å². The smallest absolute Gasteiger partial charge is 0.329 e. The first-order chi connectivity index (χ1) is 9.08. The quantitative estimate of drug-likeness (QED) is 0.844. The van der Waals surface area contributed by atoms with E-state index in [1.807, 2.05) is 0 Å². The van der Waals surface area contributed by atoms with Gasteiger partial charge in [0.25, 0.3) is 0 Å². The average molecular weight is 260 g/mol. The molecular weight excluding hydrogens is 240 g/mol. The molecule has 0 amide bonds. The highest BCUT2D eigenvalue weighted by Crippen LogP contribution is 2.23. The zero-order valence-corrected chi connectivity index (χ0v) is 11.5. The Labute approximate surface area is 113 Å². The Morgan fingerprint density at radius 1 is 1.21 bits per heavy atom. The Hall–Kier alpha value is -1.97. The molecule has 19 heavy (non-hydrogen) atoms. The van der Waals surface area contributed by atoms with E-state index in [9.17, 15) is 4.79 Å². The molecule has 1 aromatic carbocycles. The van der Waals surface area contributed by atoms with Crippen LogP contribution in [0.5, 0.6) is 0 Å². The van der Waals surface area contributed by atoms with Crippen molar-refractivity contribution in [1.82, 2.24) is 4.90 Å². The molecule has 1 aliphatic rings. The highest BCUT2D eigenvalue weighted by Gasteiger charge is 2.16. The molecule has 0 aromatic heterocycles. The van der Waals surface area contributed by atoms with Crippen molar-refractivity contribution in [3.05, 3.63) is 41.6 Å². The van der Waals surface area contributed by atoms with Gasteiger partial charge >= 0.3 is 5.97 Å². The van der Waals surface area contributed by atoms with Crippen molar-refractivity contribution in [1.29, 1.82) is 0 Å². The topological polar surface area (TPSA) is 43.8 Å². The number of carbonyl (C=O) groups is 1. The zero-order chi connectivity index (χ0) is 13.8. The van der Waals surface area contributed by atoms with Gasteiger partial charge < -0.3 is 14.9 Å². The number of benzene rings is 1. The number of piperazine rings is 1. The summed E-state index contributed by atoms with van der Waals surface area (Å²) in [6.07, 6.45) is 2.87. The van der Waals surface area contributed by atoms with Crippen molar-refractivity contribution in [3.63, 3.8) is 0 Å². The summed E-state index contributed by atoms with van der Waals surface area (Å²) in [4.78, 5) is 14.9. The van der Waals surface area contributed by atoms with Gasteiger partial charge in [0, 0.05) is 44.1 Å². The molecule has 0 radical (unpaired) electrons. The fraction of sp³-hybridized carbons (Fsp3) is 0.400. The molecule has 0 unspecified atom stereocenters. The first-order valence-corrected chi connectivity index (χ1v) is 6.54. The maximum Gasteiger partial charge on any atom is 0.329 e. The molecule has 1 saturated heterocycles. The van der Waals surface area contributed by atoms with Gasteiger partial charge in [-0.3, -0.25) is 0 Å². The summed E-state index contributed by atoms with van der Waals surface area (Å²) in [5, 5.41) is 8.62. The van der Waals surface area contributed by atoms with Crippen LogP contribution in [0.15, 0.2) is 30.5 Å². The summed E-state index contributed by atoms with van der Waals surface area (Å²) in [6.45, 7) is 7.85. The third kappa shape index (κ3) is 3.28. The minimum Gasteiger partial charge on any atom is -0.478 e. The van der Waals surface area contributed by atoms with E-state index < -0.39 is 5.97 Å². The van der Waals surface area contributed by atoms with Crippen LogP contribution in [0.4, 0.5) is 5.69 Å². The predicted molar refractivity (Wildman–Crippen MR) is 76.5 cm³/mol. The Morgan fingerprint density at radius 3 is 2.53 bits per heavy atom. The maximum absolute atomic E-state index is 10.5. The van der Waals surface area contributed by atoms with Crippen molar-refractivity contribution in [2.75, 3.05) is 31.1 Å². The second-order valence-corrected chi connectivity index (χ2v) is 4.90. The van der Waals surface area contributed by atoms with Crippen LogP contribution in [0.3, 0.4) is 0 Å². The highest BCUT2D eigenvalue weighted by molar-refractivity contribution is 5.79. The van der Waals surface area contributed by atoms with Crippen molar-refractivity contribution in [2.45, 2.75) is 13.8 Å². The molecular formula is C15H20N2O2. The first kappa shape index (κ1) is 13.5. The van der Waals surface area contributed by atoms with E-state index in [4.69, 9.17) is 5.11 Å². The van der Waals surface area contributed by atoms with Gasteiger partial charge in [0.15, 0.2) is 0 Å². The lowest BCUT2D eigenvalue weighted by Gasteiger charge is -2.36. The summed E-state index contributed by atoms with van der Waals surface area (Å²) in [5.41, 5.74) is 3.93. The first-order valence-electron chi connectivity index (χ1n) is 6.54. The number of hydrogen-bond donors (Lipinski definition) is 1. The second kappa shape index (κ2) is 5.78. The minimum atomic E-state index is -0.892. The summed E-state index contributed by atoms with van der Waals surface area (Å²) in [5.74, 6) is -0.892. The number of aliphatic carboxylic acids is 1. The molecule has 1 N–H and O–H groups in total. The van der Waals surface area contributed by atoms with Crippen molar-refractivity contribution >= 4 is 11.7 Å². The van der Waals surface area contributed by atoms with Crippen LogP contribution < -0.4 is 4.90 Å². The van der Waals surface area contributed by atoms with Crippen LogP contribution in [0.25, 0.3) is 0 Å². The molecule has 1 aliphatic heterocycles. The number of rotatable bonds is 3. The molecule has 1 fully saturated rings. The fourth-order valence-electron chi connectivity index (χ4n) is 2.36. The van der Waals surface area contributed by atoms with Crippen molar-refractivity contribution in [3.8, 4) is 0 Å². The number of hydrogen-bond acceptors (Lipinski definition) is 3. The molecule has 4 heteroatoms. The summed E-state index contributed by atoms with van der Waals surface area (Å²) >= 11 is 0. The molecule has 0 bridgehead atoms. The van der Waals surface area contributed by atoms with Crippen molar-refractivity contribution in [2.24, 2.45) is 0 Å². The average Bonchev–Trinajstić information content (AvgIpc) is 2.40. The molecule has 2 rings (SSSR count). The van der Waals surface area contributed by atoms with E-state index in [1.54, 1.807) is 6.20 Å². The predicted octanol–water partition coefficient (Wildman–Crippen LogP) is 2.02. The van der Waals surface area contributed by atoms with Crippen LogP contribution in [0.2, 0.25) is 0 Å². The molecule has 0 atom stereocenters. The van der Waals surface area contributed by atoms with E-state index in [1.165, 1.54) is 22.9 Å². The largest absolute Gasteiger partial charge is 0.478 e. The van der Waals surface area contributed by atoms with Gasteiger partial charge in [0.05, 0.1) is 0 Å². The van der Waals surface area contributed by atoms with Crippen LogP contribution in [0, 0.1) is 13.8 Å². The maximum atomic E-state index is 10.5. The molecule has 4 nitrogen and oxygen atoms in total. The third-order valence-electron chi connectivity index (χ3n) is 3.66. The number of anilines is 1. The van der Waals surface area contributed by atoms with E-state index in [2.05, 4.69) is 41.8 Å². The number of carboxylic acid groups (broad SMARTS) is 1. The lowest BCUT2D eigenvalue weighted by atomic mass is 10.1. The SMILES string of the molecule is Cc1cccc(N2CCN(C=CC(=O)O)CC2)c1C. The summed E-state index contributed by atoms with van der Waals surface area (Å²) in [7, 11) is 0. The standard InChI is InChI=1S/C15H20N2O2/c1-12-4-3-5-14(13(12)2)17-10-8-16(9-11-17)7-6-15(18)19/h3-7H,8-11H2,1-2H3,(H,18,19). The normalized spacial score (nSPS) is 16.1. The lowest BCUT2D eigenvalue weighted by molar-refractivity contribution is -0.131. The number of nitrogens with zero attached hydrogens (tertiary/aromatic N) is 2. The Kier molecular flexibility index (Phi) is 4.10. The molecule has 0 spiro atoms. The zero-order valence-electron chi connectivity index (χ0n) is 11.5. The molecule has 1 heterocycles. The van der Waals surface area contributed by atoms with Crippen LogP contribution in [-0.4, -0.2) is 42.2 Å². The van der Waals surface area contributed by atoms with Gasteiger partial charge in [-0.2, -0.15) is 0 Å². The van der Waals surface area contributed by atoms with Gasteiger partial charge in [-0.1, -0.05) is 12.1 Å². The van der Waals surface area contributed by atoms with E-state index in [0.717, 1.165) is 26.2 Å². The lowest BCUT2D eigenvalue weighted by Crippen LogP contribution is -2.44. The minimum absolute atomic E-state index is 0.858. The molecule has 0 saturated carbocycles. The Bertz CT molecular complexity index is 489. The van der Waals surface area contributed by atoms with E-state index in [0.29, 0.717) is 0 Å². The summed E-state index contributed by atoms with van der Waals surface area (Å²) < 4.78 is 0.